The summed E-state index contributed by atoms with van der Waals surface area (Å²) in [5.41, 5.74) is -2.36. The van der Waals surface area contributed by atoms with E-state index in [1.54, 1.807) is 0 Å². The second kappa shape index (κ2) is 9.35. The Hall–Kier alpha value is -0.800. The highest BCUT2D eigenvalue weighted by atomic mass is 31.2. The molecule has 0 aliphatic heterocycles. The lowest BCUT2D eigenvalue weighted by atomic mass is 9.35. The van der Waals surface area contributed by atoms with Crippen molar-refractivity contribution in [3.05, 3.63) is 11.6 Å². The highest BCUT2D eigenvalue weighted by molar-refractivity contribution is 7.46. The van der Waals surface area contributed by atoms with Crippen molar-refractivity contribution in [3.63, 3.8) is 0 Å². The molecule has 4 fully saturated rings. The van der Waals surface area contributed by atoms with Crippen LogP contribution in [0.15, 0.2) is 11.6 Å². The summed E-state index contributed by atoms with van der Waals surface area (Å²) in [7, 11) is -5.00. The largest absolute Gasteiger partial charge is 0.481 e. The van der Waals surface area contributed by atoms with E-state index in [0.29, 0.717) is 24.2 Å². The Morgan fingerprint density at radius 2 is 1.65 bits per heavy atom. The number of carbonyl (C=O) groups is 1. The molecule has 5 aliphatic rings. The molecule has 6 N–H and O–H groups in total. The number of phosphoric acid groups is 1. The molecule has 0 saturated heterocycles. The second-order valence-electron chi connectivity index (χ2n) is 15.1. The van der Waals surface area contributed by atoms with E-state index in [0.717, 1.165) is 31.3 Å². The molecule has 0 aromatic carbocycles. The SMILES string of the molecule is CC(C)[C@@H]1CC[C@H]2[C@@]1(C)CC[C@]1(C)C3=CC[C@H]4[C@](C)(C(=O)O)[C@H](O)[C@H](O)[C@H](O)[C@]4(COP(=O)(O)O)[C@@H]3CC[C@]21C. The standard InChI is InChI=1S/C30H49O9P/c1-16(2)17-7-9-20-26(17,3)13-14-27(4)18-8-10-21-29(6,25(34)35)23(32)22(31)24(33)30(21,15-39-40(36,37)38)19(18)11-12-28(20,27)5/h8,16-17,19-24,31-33H,7,9-15H2,1-6H3,(H,34,35)(H2,36,37,38)/t17-,19+,20-,21-,22-,23+,24-,26-,27+,28+,29-,30+/m0/s1. The van der Waals surface area contributed by atoms with Gasteiger partial charge in [0.05, 0.1) is 24.2 Å². The molecule has 0 aromatic rings. The summed E-state index contributed by atoms with van der Waals surface area (Å²) in [6, 6.07) is 0. The molecule has 12 atom stereocenters. The van der Waals surface area contributed by atoms with Crippen LogP contribution in [0.2, 0.25) is 0 Å². The number of carboxylic acids is 1. The Bertz CT molecular complexity index is 1130. The summed E-state index contributed by atoms with van der Waals surface area (Å²) in [5, 5.41) is 44.2. The number of aliphatic hydroxyl groups excluding tert-OH is 3. The monoisotopic (exact) mass is 584 g/mol. The summed E-state index contributed by atoms with van der Waals surface area (Å²) in [4.78, 5) is 32.2. The van der Waals surface area contributed by atoms with Gasteiger partial charge in [-0.3, -0.25) is 9.32 Å². The van der Waals surface area contributed by atoms with E-state index in [1.165, 1.54) is 13.3 Å². The maximum atomic E-state index is 12.7. The molecular formula is C30H49O9P. The third kappa shape index (κ3) is 3.74. The van der Waals surface area contributed by atoms with Crippen LogP contribution in [0, 0.1) is 56.7 Å². The van der Waals surface area contributed by atoms with Crippen molar-refractivity contribution in [3.8, 4) is 0 Å². The van der Waals surface area contributed by atoms with Crippen LogP contribution in [0.1, 0.15) is 86.5 Å². The topological polar surface area (TPSA) is 165 Å². The van der Waals surface area contributed by atoms with Crippen LogP contribution in [0.3, 0.4) is 0 Å². The molecule has 0 radical (unpaired) electrons. The van der Waals surface area contributed by atoms with E-state index >= 15 is 0 Å². The van der Waals surface area contributed by atoms with Crippen LogP contribution < -0.4 is 0 Å². The van der Waals surface area contributed by atoms with Crippen molar-refractivity contribution in [1.29, 1.82) is 0 Å². The molecular weight excluding hydrogens is 535 g/mol. The summed E-state index contributed by atoms with van der Waals surface area (Å²) >= 11 is 0. The quantitative estimate of drug-likeness (QED) is 0.206. The summed E-state index contributed by atoms with van der Waals surface area (Å²) in [5.74, 6) is -0.943. The van der Waals surface area contributed by atoms with E-state index in [4.69, 9.17) is 4.52 Å². The van der Waals surface area contributed by atoms with Crippen LogP contribution in [0.4, 0.5) is 0 Å². The van der Waals surface area contributed by atoms with E-state index in [2.05, 4.69) is 40.7 Å². The zero-order valence-corrected chi connectivity index (χ0v) is 25.6. The van der Waals surface area contributed by atoms with Gasteiger partial charge in [0.1, 0.15) is 6.10 Å². The highest BCUT2D eigenvalue weighted by Crippen LogP contribution is 2.76. The average molecular weight is 585 g/mol. The smallest absolute Gasteiger partial charge is 0.469 e. The molecule has 10 heteroatoms. The van der Waals surface area contributed by atoms with Gasteiger partial charge in [0.2, 0.25) is 0 Å². The first kappa shape index (κ1) is 30.7. The molecule has 4 saturated carbocycles. The maximum absolute atomic E-state index is 12.7. The van der Waals surface area contributed by atoms with Crippen molar-refractivity contribution in [2.24, 2.45) is 56.7 Å². The molecule has 0 unspecified atom stereocenters. The number of fused-ring (bicyclic) bond motifs is 7. The number of hydrogen-bond donors (Lipinski definition) is 6. The van der Waals surface area contributed by atoms with Crippen LogP contribution >= 0.6 is 7.82 Å². The van der Waals surface area contributed by atoms with Gasteiger partial charge in [-0.1, -0.05) is 46.3 Å². The van der Waals surface area contributed by atoms with E-state index in [1.807, 2.05) is 0 Å². The van der Waals surface area contributed by atoms with Crippen molar-refractivity contribution >= 4 is 13.8 Å². The fourth-order valence-corrected chi connectivity index (χ4v) is 11.9. The van der Waals surface area contributed by atoms with Crippen LogP contribution in [0.5, 0.6) is 0 Å². The zero-order valence-electron chi connectivity index (χ0n) is 24.7. The normalized spacial score (nSPS) is 52.3. The van der Waals surface area contributed by atoms with Crippen LogP contribution in [-0.2, 0) is 13.9 Å². The molecule has 40 heavy (non-hydrogen) atoms. The van der Waals surface area contributed by atoms with Crippen LogP contribution in [0.25, 0.3) is 0 Å². The molecule has 0 spiro atoms. The Labute approximate surface area is 237 Å². The van der Waals surface area contributed by atoms with Gasteiger partial charge < -0.3 is 30.2 Å². The summed E-state index contributed by atoms with van der Waals surface area (Å²) in [6.45, 7) is 12.6. The lowest BCUT2D eigenvalue weighted by Crippen LogP contribution is -2.73. The summed E-state index contributed by atoms with van der Waals surface area (Å²) in [6.07, 6.45) is 2.85. The van der Waals surface area contributed by atoms with Gasteiger partial charge in [-0.15, -0.1) is 0 Å². The molecule has 0 bridgehead atoms. The number of carboxylic acid groups (broad SMARTS) is 1. The minimum absolute atomic E-state index is 0.0437. The highest BCUT2D eigenvalue weighted by Gasteiger charge is 2.74. The second-order valence-corrected chi connectivity index (χ2v) is 16.4. The average Bonchev–Trinajstić information content (AvgIpc) is 3.23. The van der Waals surface area contributed by atoms with Crippen molar-refractivity contribution < 1.29 is 44.1 Å². The number of allylic oxidation sites excluding steroid dienone is 2. The van der Waals surface area contributed by atoms with Gasteiger partial charge in [0.15, 0.2) is 0 Å². The van der Waals surface area contributed by atoms with Gasteiger partial charge in [0, 0.05) is 5.41 Å². The summed E-state index contributed by atoms with van der Waals surface area (Å²) < 4.78 is 17.1. The third-order valence-corrected chi connectivity index (χ3v) is 14.2. The molecule has 0 aromatic heterocycles. The van der Waals surface area contributed by atoms with Gasteiger partial charge in [-0.2, -0.15) is 0 Å². The predicted octanol–water partition coefficient (Wildman–Crippen LogP) is 4.12. The lowest BCUT2D eigenvalue weighted by molar-refractivity contribution is -0.263. The molecule has 5 rings (SSSR count). The van der Waals surface area contributed by atoms with E-state index < -0.39 is 61.4 Å². The van der Waals surface area contributed by atoms with Crippen molar-refractivity contribution in [2.75, 3.05) is 6.61 Å². The number of rotatable bonds is 5. The Morgan fingerprint density at radius 3 is 2.23 bits per heavy atom. The zero-order chi connectivity index (χ0) is 29.8. The molecule has 228 valence electrons. The minimum atomic E-state index is -5.00. The van der Waals surface area contributed by atoms with Crippen molar-refractivity contribution in [1.82, 2.24) is 0 Å². The molecule has 9 nitrogen and oxygen atoms in total. The van der Waals surface area contributed by atoms with Crippen LogP contribution in [-0.4, -0.2) is 61.1 Å². The fraction of sp³-hybridized carbons (Fsp3) is 0.900. The van der Waals surface area contributed by atoms with Crippen molar-refractivity contribution in [2.45, 2.75) is 105 Å². The number of phosphoric ester groups is 1. The molecule has 0 amide bonds. The Morgan fingerprint density at radius 1 is 1.00 bits per heavy atom. The molecule has 5 aliphatic carbocycles. The van der Waals surface area contributed by atoms with E-state index in [9.17, 15) is 39.6 Å². The maximum Gasteiger partial charge on any atom is 0.469 e. The van der Waals surface area contributed by atoms with E-state index in [-0.39, 0.29) is 22.7 Å². The van der Waals surface area contributed by atoms with Gasteiger partial charge in [-0.25, -0.2) is 4.57 Å². The Balaban J connectivity index is 1.66. The Kier molecular flexibility index (Phi) is 7.16. The number of aliphatic hydroxyl groups is 3. The number of aliphatic carboxylic acids is 1. The minimum Gasteiger partial charge on any atom is -0.481 e. The lowest BCUT2D eigenvalue weighted by Gasteiger charge is -2.70. The molecule has 0 heterocycles. The first-order valence-electron chi connectivity index (χ1n) is 15.0. The predicted molar refractivity (Wildman–Crippen MR) is 148 cm³/mol. The van der Waals surface area contributed by atoms with Gasteiger partial charge >= 0.3 is 13.8 Å². The fourth-order valence-electron chi connectivity index (χ4n) is 11.5. The first-order chi connectivity index (χ1) is 18.3. The van der Waals surface area contributed by atoms with Gasteiger partial charge in [0.25, 0.3) is 0 Å². The third-order valence-electron chi connectivity index (χ3n) is 13.7. The van der Waals surface area contributed by atoms with Gasteiger partial charge in [-0.05, 0) is 97.7 Å². The first-order valence-corrected chi connectivity index (χ1v) is 16.5. The number of hydrogen-bond acceptors (Lipinski definition) is 6.